The lowest BCUT2D eigenvalue weighted by Crippen LogP contribution is -2.14. The van der Waals surface area contributed by atoms with Crippen LogP contribution in [0.3, 0.4) is 0 Å². The first kappa shape index (κ1) is 13.6. The lowest BCUT2D eigenvalue weighted by Gasteiger charge is -2.10. The Kier molecular flexibility index (Phi) is 5.20. The smallest absolute Gasteiger partial charge is 0.0650 e. The van der Waals surface area contributed by atoms with E-state index in [9.17, 15) is 5.11 Å². The van der Waals surface area contributed by atoms with Crippen molar-refractivity contribution in [3.63, 3.8) is 0 Å². The van der Waals surface area contributed by atoms with Gasteiger partial charge in [-0.25, -0.2) is 0 Å². The van der Waals surface area contributed by atoms with Gasteiger partial charge in [0.1, 0.15) is 0 Å². The van der Waals surface area contributed by atoms with Crippen molar-refractivity contribution in [1.29, 1.82) is 0 Å². The van der Waals surface area contributed by atoms with Gasteiger partial charge in [-0.15, -0.1) is 0 Å². The molecule has 1 atom stereocenters. The average molecular weight is 252 g/mol. The predicted molar refractivity (Wildman–Crippen MR) is 70.6 cm³/mol. The van der Waals surface area contributed by atoms with Gasteiger partial charge in [-0.2, -0.15) is 5.10 Å². The molecule has 1 saturated carbocycles. The van der Waals surface area contributed by atoms with Gasteiger partial charge in [-0.05, 0) is 32.3 Å². The van der Waals surface area contributed by atoms with Crippen molar-refractivity contribution < 1.29 is 9.84 Å². The van der Waals surface area contributed by atoms with E-state index >= 15 is 0 Å². The molecule has 1 heterocycles. The Balaban J connectivity index is 1.78. The Morgan fingerprint density at radius 1 is 1.50 bits per heavy atom. The average Bonchev–Trinajstić information content (AvgIpc) is 2.98. The van der Waals surface area contributed by atoms with Gasteiger partial charge < -0.3 is 9.84 Å². The highest BCUT2D eigenvalue weighted by Crippen LogP contribution is 2.28. The van der Waals surface area contributed by atoms with E-state index in [0.29, 0.717) is 32.1 Å². The fraction of sp³-hybridized carbons (Fsp3) is 0.786. The summed E-state index contributed by atoms with van der Waals surface area (Å²) >= 11 is 0. The second kappa shape index (κ2) is 6.90. The molecule has 1 aliphatic rings. The molecule has 2 rings (SSSR count). The van der Waals surface area contributed by atoms with Gasteiger partial charge in [0, 0.05) is 25.8 Å². The summed E-state index contributed by atoms with van der Waals surface area (Å²) in [4.78, 5) is 0. The first-order chi connectivity index (χ1) is 8.79. The standard InChI is InChI=1S/C14H24N2O2/c1-2-18-10-8-14(17)11-12-7-9-16(15-12)13-5-3-4-6-13/h7,9,13-14,17H,2-6,8,10-11H2,1H3. The summed E-state index contributed by atoms with van der Waals surface area (Å²) in [5.41, 5.74) is 0.992. The minimum Gasteiger partial charge on any atom is -0.393 e. The van der Waals surface area contributed by atoms with Crippen molar-refractivity contribution in [2.75, 3.05) is 13.2 Å². The molecule has 1 unspecified atom stereocenters. The van der Waals surface area contributed by atoms with Crippen molar-refractivity contribution in [1.82, 2.24) is 9.78 Å². The van der Waals surface area contributed by atoms with Crippen LogP contribution in [0.5, 0.6) is 0 Å². The Hall–Kier alpha value is -0.870. The molecule has 18 heavy (non-hydrogen) atoms. The van der Waals surface area contributed by atoms with E-state index in [-0.39, 0.29) is 6.10 Å². The zero-order valence-electron chi connectivity index (χ0n) is 11.2. The second-order valence-corrected chi connectivity index (χ2v) is 5.07. The highest BCUT2D eigenvalue weighted by molar-refractivity contribution is 5.01. The highest BCUT2D eigenvalue weighted by atomic mass is 16.5. The Bertz CT molecular complexity index is 345. The molecule has 0 saturated heterocycles. The van der Waals surface area contributed by atoms with Gasteiger partial charge in [0.2, 0.25) is 0 Å². The molecule has 1 fully saturated rings. The van der Waals surface area contributed by atoms with Crippen molar-refractivity contribution in [2.24, 2.45) is 0 Å². The van der Waals surface area contributed by atoms with E-state index < -0.39 is 0 Å². The van der Waals surface area contributed by atoms with Crippen LogP contribution in [0.2, 0.25) is 0 Å². The predicted octanol–water partition coefficient (Wildman–Crippen LogP) is 2.33. The third-order valence-corrected chi connectivity index (χ3v) is 3.61. The minimum atomic E-state index is -0.344. The molecule has 1 aliphatic carbocycles. The van der Waals surface area contributed by atoms with Gasteiger partial charge in [-0.3, -0.25) is 4.68 Å². The monoisotopic (exact) mass is 252 g/mol. The van der Waals surface area contributed by atoms with E-state index in [1.165, 1.54) is 25.7 Å². The van der Waals surface area contributed by atoms with Crippen LogP contribution in [0.1, 0.15) is 50.8 Å². The van der Waals surface area contributed by atoms with E-state index in [1.54, 1.807) is 0 Å². The molecule has 1 aromatic heterocycles. The van der Waals surface area contributed by atoms with Crippen LogP contribution in [-0.2, 0) is 11.2 Å². The number of nitrogens with zero attached hydrogens (tertiary/aromatic N) is 2. The number of aromatic nitrogens is 2. The molecule has 0 bridgehead atoms. The minimum absolute atomic E-state index is 0.344. The zero-order chi connectivity index (χ0) is 12.8. The summed E-state index contributed by atoms with van der Waals surface area (Å²) in [6.45, 7) is 3.31. The topological polar surface area (TPSA) is 47.3 Å². The number of hydrogen-bond acceptors (Lipinski definition) is 3. The van der Waals surface area contributed by atoms with Crippen LogP contribution in [-0.4, -0.2) is 34.2 Å². The maximum absolute atomic E-state index is 9.87. The summed E-state index contributed by atoms with van der Waals surface area (Å²) in [5.74, 6) is 0. The van der Waals surface area contributed by atoms with Gasteiger partial charge >= 0.3 is 0 Å². The van der Waals surface area contributed by atoms with E-state index in [1.807, 2.05) is 13.0 Å². The summed E-state index contributed by atoms with van der Waals surface area (Å²) in [7, 11) is 0. The number of aliphatic hydroxyl groups is 1. The molecule has 4 heteroatoms. The Morgan fingerprint density at radius 3 is 3.00 bits per heavy atom. The highest BCUT2D eigenvalue weighted by Gasteiger charge is 2.18. The number of ether oxygens (including phenoxy) is 1. The van der Waals surface area contributed by atoms with Gasteiger partial charge in [0.25, 0.3) is 0 Å². The van der Waals surface area contributed by atoms with Crippen LogP contribution < -0.4 is 0 Å². The molecule has 0 aliphatic heterocycles. The van der Waals surface area contributed by atoms with E-state index in [4.69, 9.17) is 4.74 Å². The summed E-state index contributed by atoms with van der Waals surface area (Å²) < 4.78 is 7.32. The first-order valence-electron chi connectivity index (χ1n) is 7.09. The summed E-state index contributed by atoms with van der Waals surface area (Å²) in [5, 5.41) is 14.5. The van der Waals surface area contributed by atoms with Gasteiger partial charge in [0.15, 0.2) is 0 Å². The van der Waals surface area contributed by atoms with Crippen LogP contribution in [0.25, 0.3) is 0 Å². The van der Waals surface area contributed by atoms with E-state index in [2.05, 4.69) is 16.0 Å². The quantitative estimate of drug-likeness (QED) is 0.758. The second-order valence-electron chi connectivity index (χ2n) is 5.07. The molecular formula is C14H24N2O2. The normalized spacial score (nSPS) is 18.3. The zero-order valence-corrected chi connectivity index (χ0v) is 11.2. The third kappa shape index (κ3) is 3.82. The molecule has 0 aromatic carbocycles. The Labute approximate surface area is 109 Å². The molecule has 0 amide bonds. The number of aliphatic hydroxyl groups excluding tert-OH is 1. The maximum atomic E-state index is 9.87. The molecule has 4 nitrogen and oxygen atoms in total. The number of rotatable bonds is 7. The van der Waals surface area contributed by atoms with Crippen molar-refractivity contribution in [2.45, 2.75) is 57.6 Å². The molecule has 0 spiro atoms. The SMILES string of the molecule is CCOCCC(O)Cc1ccn(C2CCCC2)n1. The van der Waals surface area contributed by atoms with Crippen molar-refractivity contribution >= 4 is 0 Å². The van der Waals surface area contributed by atoms with Crippen molar-refractivity contribution in [3.8, 4) is 0 Å². The molecule has 0 radical (unpaired) electrons. The molecule has 1 aromatic rings. The molecule has 102 valence electrons. The lowest BCUT2D eigenvalue weighted by atomic mass is 10.1. The first-order valence-corrected chi connectivity index (χ1v) is 7.09. The van der Waals surface area contributed by atoms with Crippen LogP contribution in [0.4, 0.5) is 0 Å². The van der Waals surface area contributed by atoms with Crippen LogP contribution >= 0.6 is 0 Å². The molecule has 1 N–H and O–H groups in total. The van der Waals surface area contributed by atoms with Crippen molar-refractivity contribution in [3.05, 3.63) is 18.0 Å². The van der Waals surface area contributed by atoms with E-state index in [0.717, 1.165) is 5.69 Å². The summed E-state index contributed by atoms with van der Waals surface area (Å²) in [6.07, 6.45) is 8.15. The molecular weight excluding hydrogens is 228 g/mol. The van der Waals surface area contributed by atoms with Gasteiger partial charge in [0.05, 0.1) is 17.8 Å². The van der Waals surface area contributed by atoms with Gasteiger partial charge in [-0.1, -0.05) is 12.8 Å². The Morgan fingerprint density at radius 2 is 2.28 bits per heavy atom. The third-order valence-electron chi connectivity index (χ3n) is 3.61. The fourth-order valence-corrected chi connectivity index (χ4v) is 2.57. The largest absolute Gasteiger partial charge is 0.393 e. The fourth-order valence-electron chi connectivity index (χ4n) is 2.57. The number of hydrogen-bond donors (Lipinski definition) is 1. The maximum Gasteiger partial charge on any atom is 0.0650 e. The van der Waals surface area contributed by atoms with Crippen LogP contribution in [0.15, 0.2) is 12.3 Å². The van der Waals surface area contributed by atoms with Crippen LogP contribution in [0, 0.1) is 0 Å². The summed E-state index contributed by atoms with van der Waals surface area (Å²) in [6, 6.07) is 2.61. The lowest BCUT2D eigenvalue weighted by molar-refractivity contribution is 0.0881.